The minimum absolute atomic E-state index is 0.220. The molecule has 4 rings (SSSR count). The molecule has 0 aliphatic carbocycles. The average molecular weight is 543 g/mol. The molecule has 0 aromatic heterocycles. The van der Waals surface area contributed by atoms with Crippen molar-refractivity contribution in [3.8, 4) is 17.2 Å². The van der Waals surface area contributed by atoms with Gasteiger partial charge >= 0.3 is 8.80 Å². The Morgan fingerprint density at radius 3 is 1.49 bits per heavy atom. The fourth-order valence-corrected chi connectivity index (χ4v) is 6.88. The Morgan fingerprint density at radius 1 is 0.692 bits per heavy atom. The van der Waals surface area contributed by atoms with Gasteiger partial charge in [-0.2, -0.15) is 0 Å². The molecule has 0 saturated carbocycles. The number of allylic oxidation sites excluding steroid dienone is 3. The molecule has 0 bridgehead atoms. The highest BCUT2D eigenvalue weighted by atomic mass is 28.4. The summed E-state index contributed by atoms with van der Waals surface area (Å²) in [5.41, 5.74) is 3.08. The summed E-state index contributed by atoms with van der Waals surface area (Å²) in [7, 11) is -3.47. The van der Waals surface area contributed by atoms with E-state index < -0.39 is 8.80 Å². The second-order valence-electron chi connectivity index (χ2n) is 9.42. The molecule has 1 heterocycles. The first-order chi connectivity index (χ1) is 19.2. The molecule has 39 heavy (non-hydrogen) atoms. The van der Waals surface area contributed by atoms with Crippen molar-refractivity contribution in [3.05, 3.63) is 127 Å². The van der Waals surface area contributed by atoms with Gasteiger partial charge in [-0.25, -0.2) is 0 Å². The summed E-state index contributed by atoms with van der Waals surface area (Å²) in [5.74, 6) is 2.20. The first-order valence-electron chi connectivity index (χ1n) is 13.5. The SMILES string of the molecule is C=CCc1ccccc1O[Si](CCCOCC1CO1)(Oc1ccccc1CC=C)Oc1ccccc1CC=C. The van der Waals surface area contributed by atoms with Gasteiger partial charge < -0.3 is 22.8 Å². The lowest BCUT2D eigenvalue weighted by molar-refractivity contribution is 0.114. The molecule has 204 valence electrons. The predicted octanol–water partition coefficient (Wildman–Crippen LogP) is 7.15. The van der Waals surface area contributed by atoms with Crippen LogP contribution in [0, 0.1) is 0 Å². The summed E-state index contributed by atoms with van der Waals surface area (Å²) in [6.45, 7) is 13.7. The molecule has 0 radical (unpaired) electrons. The Balaban J connectivity index is 1.74. The fraction of sp³-hybridized carbons (Fsp3) is 0.273. The van der Waals surface area contributed by atoms with Crippen LogP contribution in [-0.2, 0) is 28.7 Å². The van der Waals surface area contributed by atoms with E-state index in [1.807, 2.05) is 91.0 Å². The van der Waals surface area contributed by atoms with Crippen molar-refractivity contribution in [2.24, 2.45) is 0 Å². The number of hydrogen-bond donors (Lipinski definition) is 0. The standard InChI is InChI=1S/C33H38O5Si/c1-4-14-27-17-7-10-20-31(27)36-39(24-13-23-34-25-30-26-35-30,37-32-21-11-8-18-28(32)15-5-2)38-33-22-12-9-19-29(33)16-6-3/h4-12,17-22,30H,1-3,13-16,23-26H2. The van der Waals surface area contributed by atoms with Crippen LogP contribution in [0.5, 0.6) is 17.2 Å². The number of para-hydroxylation sites is 3. The highest BCUT2D eigenvalue weighted by Crippen LogP contribution is 2.33. The second kappa shape index (κ2) is 14.5. The van der Waals surface area contributed by atoms with Gasteiger partial charge in [0.15, 0.2) is 0 Å². The van der Waals surface area contributed by atoms with Crippen molar-refractivity contribution in [2.75, 3.05) is 19.8 Å². The lowest BCUT2D eigenvalue weighted by Gasteiger charge is -2.32. The van der Waals surface area contributed by atoms with Crippen LogP contribution in [-0.4, -0.2) is 34.7 Å². The summed E-state index contributed by atoms with van der Waals surface area (Å²) in [4.78, 5) is 0. The molecule has 1 unspecified atom stereocenters. The van der Waals surface area contributed by atoms with E-state index in [0.717, 1.165) is 40.5 Å². The highest BCUT2D eigenvalue weighted by Gasteiger charge is 2.49. The Labute approximate surface area is 233 Å². The largest absolute Gasteiger partial charge is 0.699 e. The molecule has 1 atom stereocenters. The van der Waals surface area contributed by atoms with Crippen LogP contribution in [0.2, 0.25) is 6.04 Å². The number of hydrogen-bond acceptors (Lipinski definition) is 5. The summed E-state index contributed by atoms with van der Waals surface area (Å²) in [6.07, 6.45) is 8.56. The first kappa shape index (κ1) is 28.4. The molecule has 1 aliphatic rings. The molecule has 1 aliphatic heterocycles. The summed E-state index contributed by atoms with van der Waals surface area (Å²) in [5, 5.41) is 0. The number of benzene rings is 3. The Morgan fingerprint density at radius 2 is 1.10 bits per heavy atom. The molecular weight excluding hydrogens is 504 g/mol. The quantitative estimate of drug-likeness (QED) is 0.0739. The topological polar surface area (TPSA) is 49.5 Å². The van der Waals surface area contributed by atoms with E-state index in [4.69, 9.17) is 22.8 Å². The Bertz CT molecular complexity index is 1100. The van der Waals surface area contributed by atoms with Gasteiger partial charge in [0.05, 0.1) is 19.3 Å². The van der Waals surface area contributed by atoms with Crippen LogP contribution in [0.1, 0.15) is 23.1 Å². The van der Waals surface area contributed by atoms with Gasteiger partial charge in [-0.3, -0.25) is 0 Å². The molecule has 0 amide bonds. The number of ether oxygens (including phenoxy) is 2. The average Bonchev–Trinajstić information content (AvgIpc) is 3.77. The van der Waals surface area contributed by atoms with E-state index in [1.165, 1.54) is 0 Å². The van der Waals surface area contributed by atoms with E-state index in [2.05, 4.69) is 19.7 Å². The van der Waals surface area contributed by atoms with Crippen molar-refractivity contribution in [3.63, 3.8) is 0 Å². The molecule has 0 N–H and O–H groups in total. The van der Waals surface area contributed by atoms with Gasteiger partial charge in [0.2, 0.25) is 0 Å². The molecule has 3 aromatic carbocycles. The van der Waals surface area contributed by atoms with Gasteiger partial charge in [0, 0.05) is 6.61 Å². The third-order valence-corrected chi connectivity index (χ3v) is 8.84. The molecule has 1 fully saturated rings. The maximum atomic E-state index is 6.91. The zero-order valence-electron chi connectivity index (χ0n) is 22.6. The van der Waals surface area contributed by atoms with Crippen LogP contribution in [0.3, 0.4) is 0 Å². The van der Waals surface area contributed by atoms with E-state index in [9.17, 15) is 0 Å². The van der Waals surface area contributed by atoms with Crippen LogP contribution < -0.4 is 13.3 Å². The minimum atomic E-state index is -3.47. The minimum Gasteiger partial charge on any atom is -0.483 e. The Kier molecular flexibility index (Phi) is 10.6. The molecule has 5 nitrogen and oxygen atoms in total. The summed E-state index contributed by atoms with van der Waals surface area (Å²) < 4.78 is 31.9. The van der Waals surface area contributed by atoms with Gasteiger partial charge in [-0.05, 0) is 60.6 Å². The normalized spacial score (nSPS) is 14.3. The predicted molar refractivity (Wildman–Crippen MR) is 159 cm³/mol. The van der Waals surface area contributed by atoms with Crippen LogP contribution in [0.15, 0.2) is 111 Å². The fourth-order valence-electron chi connectivity index (χ4n) is 4.27. The number of rotatable bonds is 18. The monoisotopic (exact) mass is 542 g/mol. The molecule has 0 spiro atoms. The van der Waals surface area contributed by atoms with E-state index in [-0.39, 0.29) is 6.10 Å². The summed E-state index contributed by atoms with van der Waals surface area (Å²) in [6, 6.07) is 24.5. The van der Waals surface area contributed by atoms with Crippen LogP contribution >= 0.6 is 0 Å². The van der Waals surface area contributed by atoms with Crippen molar-refractivity contribution in [1.82, 2.24) is 0 Å². The van der Waals surface area contributed by atoms with E-state index >= 15 is 0 Å². The van der Waals surface area contributed by atoms with Crippen molar-refractivity contribution >= 4 is 8.80 Å². The van der Waals surface area contributed by atoms with Crippen molar-refractivity contribution in [2.45, 2.75) is 37.8 Å². The van der Waals surface area contributed by atoms with Gasteiger partial charge in [0.25, 0.3) is 0 Å². The van der Waals surface area contributed by atoms with Gasteiger partial charge in [-0.1, -0.05) is 72.8 Å². The zero-order chi connectivity index (χ0) is 27.3. The lowest BCUT2D eigenvalue weighted by atomic mass is 10.1. The third kappa shape index (κ3) is 8.45. The third-order valence-electron chi connectivity index (χ3n) is 6.28. The van der Waals surface area contributed by atoms with E-state index in [0.29, 0.717) is 44.9 Å². The lowest BCUT2D eigenvalue weighted by Crippen LogP contribution is -2.55. The maximum absolute atomic E-state index is 6.91. The van der Waals surface area contributed by atoms with Crippen LogP contribution in [0.25, 0.3) is 0 Å². The summed E-state index contributed by atoms with van der Waals surface area (Å²) >= 11 is 0. The zero-order valence-corrected chi connectivity index (χ0v) is 23.6. The van der Waals surface area contributed by atoms with Crippen molar-refractivity contribution < 1.29 is 22.8 Å². The van der Waals surface area contributed by atoms with Gasteiger partial charge in [-0.15, -0.1) is 19.7 Å². The molecule has 3 aromatic rings. The van der Waals surface area contributed by atoms with Crippen LogP contribution in [0.4, 0.5) is 0 Å². The maximum Gasteiger partial charge on any atom is 0.699 e. The van der Waals surface area contributed by atoms with E-state index in [1.54, 1.807) is 0 Å². The van der Waals surface area contributed by atoms with Gasteiger partial charge in [0.1, 0.15) is 23.4 Å². The second-order valence-corrected chi connectivity index (χ2v) is 11.9. The molecular formula is C33H38O5Si. The highest BCUT2D eigenvalue weighted by molar-refractivity contribution is 6.63. The number of epoxide rings is 1. The Hall–Kier alpha value is -3.58. The molecule has 6 heteroatoms. The molecule has 1 saturated heterocycles. The smallest absolute Gasteiger partial charge is 0.483 e. The van der Waals surface area contributed by atoms with Crippen molar-refractivity contribution in [1.29, 1.82) is 0 Å². The first-order valence-corrected chi connectivity index (χ1v) is 15.4.